The predicted molar refractivity (Wildman–Crippen MR) is 42.7 cm³/mol. The van der Waals surface area contributed by atoms with Gasteiger partial charge < -0.3 is 0 Å². The molecule has 0 aliphatic carbocycles. The summed E-state index contributed by atoms with van der Waals surface area (Å²) in [6.07, 6.45) is -2.98. The third kappa shape index (κ3) is 1.84. The second-order valence-electron chi connectivity index (χ2n) is 2.72. The molecule has 0 amide bonds. The summed E-state index contributed by atoms with van der Waals surface area (Å²) < 4.78 is 37.4. The van der Waals surface area contributed by atoms with E-state index in [1.807, 2.05) is 0 Å². The molecule has 0 aliphatic rings. The van der Waals surface area contributed by atoms with Gasteiger partial charge in [-0.25, -0.2) is 13.2 Å². The summed E-state index contributed by atoms with van der Waals surface area (Å²) in [6, 6.07) is 1.30. The first-order chi connectivity index (χ1) is 6.43. The predicted octanol–water partition coefficient (Wildman–Crippen LogP) is 2.98. The van der Waals surface area contributed by atoms with Gasteiger partial charge in [0, 0.05) is 0 Å². The lowest BCUT2D eigenvalue weighted by Gasteiger charge is -2.03. The average molecular weight is 205 g/mol. The van der Waals surface area contributed by atoms with Gasteiger partial charge >= 0.3 is 0 Å². The van der Waals surface area contributed by atoms with Gasteiger partial charge in [0.1, 0.15) is 5.82 Å². The van der Waals surface area contributed by atoms with Gasteiger partial charge in [0.2, 0.25) is 0 Å². The number of nitrogens with zero attached hydrogens (tertiary/aromatic N) is 1. The van der Waals surface area contributed by atoms with Gasteiger partial charge in [-0.2, -0.15) is 0 Å². The van der Waals surface area contributed by atoms with E-state index in [0.717, 1.165) is 6.07 Å². The Kier molecular flexibility index (Phi) is 2.73. The maximum atomic E-state index is 12.8. The number of benzene rings is 1. The number of nitro benzene ring substituents is 1. The summed E-state index contributed by atoms with van der Waals surface area (Å²) in [5.41, 5.74) is -1.68. The summed E-state index contributed by atoms with van der Waals surface area (Å²) >= 11 is 0. The van der Waals surface area contributed by atoms with Crippen molar-refractivity contribution in [2.45, 2.75) is 13.3 Å². The zero-order valence-electron chi connectivity index (χ0n) is 7.13. The average Bonchev–Trinajstić information content (AvgIpc) is 2.08. The molecule has 0 radical (unpaired) electrons. The van der Waals surface area contributed by atoms with Crippen LogP contribution in [-0.2, 0) is 0 Å². The number of rotatable bonds is 2. The number of hydrogen-bond acceptors (Lipinski definition) is 2. The molecule has 1 aromatic rings. The summed E-state index contributed by atoms with van der Waals surface area (Å²) in [5.74, 6) is -0.860. The first-order valence-electron chi connectivity index (χ1n) is 3.66. The Bertz CT molecular complexity index is 379. The van der Waals surface area contributed by atoms with Gasteiger partial charge in [-0.3, -0.25) is 10.1 Å². The summed E-state index contributed by atoms with van der Waals surface area (Å²) in [7, 11) is 0. The largest absolute Gasteiger partial charge is 0.281 e. The second kappa shape index (κ2) is 3.65. The van der Waals surface area contributed by atoms with Gasteiger partial charge in [-0.15, -0.1) is 0 Å². The third-order valence-corrected chi connectivity index (χ3v) is 1.74. The minimum Gasteiger partial charge on any atom is -0.258 e. The normalized spacial score (nSPS) is 10.6. The Morgan fingerprint density at radius 3 is 2.43 bits per heavy atom. The van der Waals surface area contributed by atoms with E-state index in [1.165, 1.54) is 6.92 Å². The van der Waals surface area contributed by atoms with E-state index in [2.05, 4.69) is 0 Å². The molecule has 3 nitrogen and oxygen atoms in total. The molecule has 0 saturated heterocycles. The Hall–Kier alpha value is -1.59. The highest BCUT2D eigenvalue weighted by Crippen LogP contribution is 2.30. The molecule has 0 aromatic heterocycles. The Balaban J connectivity index is 3.39. The van der Waals surface area contributed by atoms with Crippen LogP contribution in [0.15, 0.2) is 12.1 Å². The Morgan fingerprint density at radius 1 is 1.43 bits per heavy atom. The van der Waals surface area contributed by atoms with Crippen molar-refractivity contribution in [1.82, 2.24) is 0 Å². The highest BCUT2D eigenvalue weighted by molar-refractivity contribution is 5.44. The van der Waals surface area contributed by atoms with Crippen molar-refractivity contribution < 1.29 is 18.1 Å². The van der Waals surface area contributed by atoms with Gasteiger partial charge in [0.15, 0.2) is 0 Å². The number of aryl methyl sites for hydroxylation is 1. The van der Waals surface area contributed by atoms with Crippen molar-refractivity contribution in [3.05, 3.63) is 39.2 Å². The smallest absolute Gasteiger partial charge is 0.258 e. The number of nitro groups is 1. The van der Waals surface area contributed by atoms with Crippen LogP contribution < -0.4 is 0 Å². The molecule has 0 fully saturated rings. The molecule has 14 heavy (non-hydrogen) atoms. The fraction of sp³-hybridized carbons (Fsp3) is 0.250. The van der Waals surface area contributed by atoms with Crippen LogP contribution in [0.25, 0.3) is 0 Å². The molecule has 76 valence electrons. The SMILES string of the molecule is Cc1cc(C(F)F)c([N+](=O)[O-])cc1F. The van der Waals surface area contributed by atoms with Crippen LogP contribution in [0.3, 0.4) is 0 Å². The molecule has 1 aromatic carbocycles. The minimum absolute atomic E-state index is 0.0362. The highest BCUT2D eigenvalue weighted by Gasteiger charge is 2.23. The lowest BCUT2D eigenvalue weighted by molar-refractivity contribution is -0.386. The maximum Gasteiger partial charge on any atom is 0.281 e. The maximum absolute atomic E-state index is 12.8. The highest BCUT2D eigenvalue weighted by atomic mass is 19.3. The summed E-state index contributed by atoms with van der Waals surface area (Å²) in [6.45, 7) is 1.27. The first kappa shape index (κ1) is 10.5. The van der Waals surface area contributed by atoms with Crippen LogP contribution in [0.2, 0.25) is 0 Å². The molecule has 0 unspecified atom stereocenters. The van der Waals surface area contributed by atoms with Crippen LogP contribution in [0.5, 0.6) is 0 Å². The number of alkyl halides is 2. The lowest BCUT2D eigenvalue weighted by Crippen LogP contribution is -1.98. The van der Waals surface area contributed by atoms with Crippen LogP contribution in [0.1, 0.15) is 17.6 Å². The minimum atomic E-state index is -2.98. The van der Waals surface area contributed by atoms with Gasteiger partial charge in [-0.05, 0) is 18.6 Å². The molecular formula is C8H6F3NO2. The number of hydrogen-bond donors (Lipinski definition) is 0. The molecule has 0 heterocycles. The second-order valence-corrected chi connectivity index (χ2v) is 2.72. The van der Waals surface area contributed by atoms with Crippen molar-refractivity contribution in [2.24, 2.45) is 0 Å². The van der Waals surface area contributed by atoms with Crippen molar-refractivity contribution >= 4 is 5.69 Å². The monoisotopic (exact) mass is 205 g/mol. The summed E-state index contributed by atoms with van der Waals surface area (Å²) in [5, 5.41) is 10.3. The zero-order valence-corrected chi connectivity index (χ0v) is 7.13. The van der Waals surface area contributed by atoms with Crippen LogP contribution in [-0.4, -0.2) is 4.92 Å². The quantitative estimate of drug-likeness (QED) is 0.550. The zero-order chi connectivity index (χ0) is 10.9. The van der Waals surface area contributed by atoms with Gasteiger partial charge in [-0.1, -0.05) is 0 Å². The third-order valence-electron chi connectivity index (χ3n) is 1.74. The van der Waals surface area contributed by atoms with E-state index < -0.39 is 28.4 Å². The van der Waals surface area contributed by atoms with E-state index >= 15 is 0 Å². The van der Waals surface area contributed by atoms with E-state index in [0.29, 0.717) is 6.07 Å². The van der Waals surface area contributed by atoms with Crippen LogP contribution in [0.4, 0.5) is 18.9 Å². The van der Waals surface area contributed by atoms with Crippen molar-refractivity contribution in [3.63, 3.8) is 0 Å². The van der Waals surface area contributed by atoms with Crippen LogP contribution in [0, 0.1) is 22.9 Å². The molecule has 6 heteroatoms. The number of halogens is 3. The molecule has 0 atom stereocenters. The molecule has 0 bridgehead atoms. The standard InChI is InChI=1S/C8H6F3NO2/c1-4-2-5(8(10)11)7(12(13)14)3-6(4)9/h2-3,8H,1H3. The van der Waals surface area contributed by atoms with Crippen LogP contribution >= 0.6 is 0 Å². The van der Waals surface area contributed by atoms with E-state index in [4.69, 9.17) is 0 Å². The molecule has 0 N–H and O–H groups in total. The van der Waals surface area contributed by atoms with E-state index in [1.54, 1.807) is 0 Å². The molecule has 0 spiro atoms. The summed E-state index contributed by atoms with van der Waals surface area (Å²) in [4.78, 5) is 9.27. The lowest BCUT2D eigenvalue weighted by atomic mass is 10.1. The van der Waals surface area contributed by atoms with Gasteiger partial charge in [0.05, 0.1) is 16.6 Å². The van der Waals surface area contributed by atoms with E-state index in [9.17, 15) is 23.3 Å². The fourth-order valence-electron chi connectivity index (χ4n) is 1.03. The Labute approximate surface area is 77.3 Å². The molecule has 0 aliphatic heterocycles. The molecule has 0 saturated carbocycles. The fourth-order valence-corrected chi connectivity index (χ4v) is 1.03. The van der Waals surface area contributed by atoms with Crippen molar-refractivity contribution in [1.29, 1.82) is 0 Å². The topological polar surface area (TPSA) is 43.1 Å². The van der Waals surface area contributed by atoms with Crippen molar-refractivity contribution in [2.75, 3.05) is 0 Å². The Morgan fingerprint density at radius 2 is 2.00 bits per heavy atom. The molecule has 1 rings (SSSR count). The van der Waals surface area contributed by atoms with Crippen molar-refractivity contribution in [3.8, 4) is 0 Å². The van der Waals surface area contributed by atoms with Gasteiger partial charge in [0.25, 0.3) is 12.1 Å². The molecular weight excluding hydrogens is 199 g/mol. The van der Waals surface area contributed by atoms with E-state index in [-0.39, 0.29) is 5.56 Å². The first-order valence-corrected chi connectivity index (χ1v) is 3.66.